The molecule has 2 fully saturated rings. The van der Waals surface area contributed by atoms with E-state index in [1.165, 1.54) is 0 Å². The summed E-state index contributed by atoms with van der Waals surface area (Å²) in [5.74, 6) is 0. The first kappa shape index (κ1) is 40.9. The van der Waals surface area contributed by atoms with Gasteiger partial charge in [0, 0.05) is 13.5 Å². The lowest BCUT2D eigenvalue weighted by molar-refractivity contribution is -0.333. The van der Waals surface area contributed by atoms with Crippen molar-refractivity contribution in [2.24, 2.45) is 0 Å². The molecule has 0 spiro atoms. The Morgan fingerprint density at radius 2 is 0.825 bits per heavy atom. The van der Waals surface area contributed by atoms with Crippen LogP contribution in [0.5, 0.6) is 0 Å². The van der Waals surface area contributed by atoms with Gasteiger partial charge in [-0.15, -0.1) is 0 Å². The average molecular weight is 775 g/mol. The number of ether oxygens (including phenoxy) is 9. The van der Waals surface area contributed by atoms with Crippen molar-refractivity contribution in [2.45, 2.75) is 102 Å². The Kier molecular flexibility index (Phi) is 15.4. The van der Waals surface area contributed by atoms with Gasteiger partial charge in [-0.1, -0.05) is 152 Å². The minimum absolute atomic E-state index is 0.147. The minimum atomic E-state index is -0.761. The summed E-state index contributed by atoms with van der Waals surface area (Å²) in [7, 11) is 1.62. The van der Waals surface area contributed by atoms with E-state index >= 15 is 0 Å². The molecule has 300 valence electrons. The number of hydrogen-bond acceptors (Lipinski definition) is 9. The van der Waals surface area contributed by atoms with Crippen molar-refractivity contribution < 1.29 is 42.6 Å². The van der Waals surface area contributed by atoms with Crippen LogP contribution in [0.25, 0.3) is 0 Å². The Bertz CT molecular complexity index is 1830. The van der Waals surface area contributed by atoms with Gasteiger partial charge in [-0.2, -0.15) is 0 Å². The molecule has 0 aromatic heterocycles. The third-order valence-electron chi connectivity index (χ3n) is 10.3. The van der Waals surface area contributed by atoms with E-state index < -0.39 is 37.0 Å². The van der Waals surface area contributed by atoms with Crippen LogP contribution in [-0.4, -0.2) is 69.0 Å². The Morgan fingerprint density at radius 3 is 1.26 bits per heavy atom. The van der Waals surface area contributed by atoms with E-state index in [9.17, 15) is 0 Å². The summed E-state index contributed by atoms with van der Waals surface area (Å²) in [6.45, 7) is 4.08. The van der Waals surface area contributed by atoms with Crippen LogP contribution in [-0.2, 0) is 75.7 Å². The van der Waals surface area contributed by atoms with E-state index in [-0.39, 0.29) is 24.9 Å². The molecular weight excluding hydrogens is 721 g/mol. The quantitative estimate of drug-likeness (QED) is 0.0822. The number of methoxy groups -OCH3 is 1. The number of hydrogen-bond donors (Lipinski definition) is 0. The lowest BCUT2D eigenvalue weighted by Gasteiger charge is -2.46. The van der Waals surface area contributed by atoms with Crippen molar-refractivity contribution in [1.82, 2.24) is 0 Å². The Labute approximate surface area is 336 Å². The molecular formula is C48H54O9. The summed E-state index contributed by atoms with van der Waals surface area (Å²) in [4.78, 5) is 0. The van der Waals surface area contributed by atoms with Crippen molar-refractivity contribution in [1.29, 1.82) is 0 Å². The van der Waals surface area contributed by atoms with E-state index in [0.29, 0.717) is 39.5 Å². The van der Waals surface area contributed by atoms with E-state index in [0.717, 1.165) is 27.8 Å². The monoisotopic (exact) mass is 774 g/mol. The Hall–Kier alpha value is -4.26. The molecule has 0 saturated carbocycles. The smallest absolute Gasteiger partial charge is 0.186 e. The van der Waals surface area contributed by atoms with Gasteiger partial charge in [0.1, 0.15) is 30.5 Å². The molecule has 2 aliphatic rings. The second-order valence-electron chi connectivity index (χ2n) is 14.5. The average Bonchev–Trinajstić information content (AvgIpc) is 3.27. The highest BCUT2D eigenvalue weighted by Gasteiger charge is 2.49. The fourth-order valence-electron chi connectivity index (χ4n) is 7.33. The third-order valence-corrected chi connectivity index (χ3v) is 10.3. The molecule has 0 N–H and O–H groups in total. The molecule has 57 heavy (non-hydrogen) atoms. The molecule has 9 nitrogen and oxygen atoms in total. The second-order valence-corrected chi connectivity index (χ2v) is 14.5. The highest BCUT2D eigenvalue weighted by atomic mass is 16.7. The summed E-state index contributed by atoms with van der Waals surface area (Å²) in [6, 6.07) is 50.5. The Balaban J connectivity index is 1.10. The molecule has 0 aliphatic carbocycles. The molecule has 7 rings (SSSR count). The van der Waals surface area contributed by atoms with Crippen LogP contribution < -0.4 is 0 Å². The maximum Gasteiger partial charge on any atom is 0.186 e. The molecule has 0 bridgehead atoms. The van der Waals surface area contributed by atoms with Gasteiger partial charge >= 0.3 is 0 Å². The molecule has 5 aromatic rings. The van der Waals surface area contributed by atoms with Crippen molar-refractivity contribution in [3.05, 3.63) is 179 Å². The third kappa shape index (κ3) is 11.9. The molecule has 9 heteroatoms. The van der Waals surface area contributed by atoms with E-state index in [4.69, 9.17) is 42.6 Å². The molecule has 5 aromatic carbocycles. The van der Waals surface area contributed by atoms with E-state index in [1.54, 1.807) is 7.11 Å². The second kappa shape index (κ2) is 21.5. The fraction of sp³-hybridized carbons (Fsp3) is 0.375. The lowest BCUT2D eigenvalue weighted by Crippen LogP contribution is -2.62. The predicted molar refractivity (Wildman–Crippen MR) is 216 cm³/mol. The highest BCUT2D eigenvalue weighted by Crippen LogP contribution is 2.33. The van der Waals surface area contributed by atoms with Gasteiger partial charge < -0.3 is 42.6 Å². The van der Waals surface area contributed by atoms with Gasteiger partial charge in [0.05, 0.1) is 51.8 Å². The zero-order valence-corrected chi connectivity index (χ0v) is 32.8. The van der Waals surface area contributed by atoms with Gasteiger partial charge in [-0.25, -0.2) is 0 Å². The van der Waals surface area contributed by atoms with Crippen LogP contribution in [0, 0.1) is 0 Å². The van der Waals surface area contributed by atoms with Crippen molar-refractivity contribution in [3.63, 3.8) is 0 Å². The van der Waals surface area contributed by atoms with Crippen LogP contribution >= 0.6 is 0 Å². The van der Waals surface area contributed by atoms with Crippen LogP contribution in [0.2, 0.25) is 0 Å². The van der Waals surface area contributed by atoms with Gasteiger partial charge in [-0.05, 0) is 34.7 Å². The zero-order valence-electron chi connectivity index (χ0n) is 32.8. The first-order valence-electron chi connectivity index (χ1n) is 19.9. The van der Waals surface area contributed by atoms with Crippen LogP contribution in [0.15, 0.2) is 152 Å². The minimum Gasteiger partial charge on any atom is -0.371 e. The largest absolute Gasteiger partial charge is 0.371 e. The molecule has 0 unspecified atom stereocenters. The molecule has 2 heterocycles. The van der Waals surface area contributed by atoms with Gasteiger partial charge in [0.2, 0.25) is 0 Å². The maximum absolute atomic E-state index is 6.78. The standard InChI is InChI=1S/C48H54O9/c1-35-44(52-30-37-20-10-4-11-21-37)41(50-29-36-18-8-3-9-19-36)28-43(56-35)51-34-42-45(53-31-38-22-12-5-13-23-38)46(54-32-39-24-14-6-15-25-39)47(48(49-2)57-42)55-33-40-26-16-7-17-27-40/h3-27,35,41-48H,28-34H2,1-2H3/t35-,41+,42-,43+,44-,45-,46+,47-,48+/m1/s1. The molecule has 2 aliphatic heterocycles. The SMILES string of the molecule is CO[C@H]1O[C@H](CO[C@@H]2C[C@H](OCc3ccccc3)[C@H](OCc3ccccc3)[C@@H](C)O2)[C@@H](OCc2ccccc2)[C@H](OCc2ccccc2)[C@H]1OCc1ccccc1. The normalized spacial score (nSPS) is 26.2. The van der Waals surface area contributed by atoms with Crippen LogP contribution in [0.3, 0.4) is 0 Å². The maximum atomic E-state index is 6.78. The van der Waals surface area contributed by atoms with Gasteiger partial charge in [-0.3, -0.25) is 0 Å². The van der Waals surface area contributed by atoms with Gasteiger partial charge in [0.15, 0.2) is 12.6 Å². The summed E-state index contributed by atoms with van der Waals surface area (Å²) < 4.78 is 59.0. The molecule has 0 radical (unpaired) electrons. The summed E-state index contributed by atoms with van der Waals surface area (Å²) in [5, 5.41) is 0. The van der Waals surface area contributed by atoms with Crippen LogP contribution in [0.1, 0.15) is 41.2 Å². The first-order chi connectivity index (χ1) is 28.1. The van der Waals surface area contributed by atoms with Crippen molar-refractivity contribution in [2.75, 3.05) is 13.7 Å². The predicted octanol–water partition coefficient (Wildman–Crippen LogP) is 8.44. The van der Waals surface area contributed by atoms with Crippen LogP contribution in [0.4, 0.5) is 0 Å². The zero-order chi connectivity index (χ0) is 39.1. The molecule has 0 amide bonds. The topological polar surface area (TPSA) is 83.1 Å². The van der Waals surface area contributed by atoms with Crippen molar-refractivity contribution >= 4 is 0 Å². The van der Waals surface area contributed by atoms with E-state index in [1.807, 2.05) is 134 Å². The van der Waals surface area contributed by atoms with Gasteiger partial charge in [0.25, 0.3) is 0 Å². The summed E-state index contributed by atoms with van der Waals surface area (Å²) in [5.41, 5.74) is 5.26. The first-order valence-corrected chi connectivity index (χ1v) is 19.9. The van der Waals surface area contributed by atoms with Crippen molar-refractivity contribution in [3.8, 4) is 0 Å². The highest BCUT2D eigenvalue weighted by molar-refractivity contribution is 5.17. The lowest BCUT2D eigenvalue weighted by atomic mass is 9.97. The number of benzene rings is 5. The summed E-state index contributed by atoms with van der Waals surface area (Å²) >= 11 is 0. The summed E-state index contributed by atoms with van der Waals surface area (Å²) in [6.07, 6.45) is -4.16. The molecule has 9 atom stereocenters. The molecule has 2 saturated heterocycles. The number of rotatable bonds is 19. The Morgan fingerprint density at radius 1 is 0.439 bits per heavy atom. The van der Waals surface area contributed by atoms with E-state index in [2.05, 4.69) is 24.3 Å². The fourth-order valence-corrected chi connectivity index (χ4v) is 7.33.